The molecular formula is C17H20O2. The van der Waals surface area contributed by atoms with E-state index in [0.29, 0.717) is 23.5 Å². The van der Waals surface area contributed by atoms with Gasteiger partial charge in [-0.2, -0.15) is 0 Å². The van der Waals surface area contributed by atoms with Crippen molar-refractivity contribution in [3.63, 3.8) is 0 Å². The minimum absolute atomic E-state index is 0.222. The average Bonchev–Trinajstić information content (AvgIpc) is 2.45. The van der Waals surface area contributed by atoms with Crippen molar-refractivity contribution >= 4 is 5.97 Å². The van der Waals surface area contributed by atoms with E-state index in [1.165, 1.54) is 12.0 Å². The SMILES string of the molecule is CC1(C)C2CC=C(COC(=O)c3ccccc3)C1C2. The standard InChI is InChI=1S/C17H20O2/c1-17(2)14-9-8-13(15(17)10-14)11-19-16(18)12-6-4-3-5-7-12/h3-8,14-15H,9-11H2,1-2H3. The van der Waals surface area contributed by atoms with Crippen molar-refractivity contribution in [1.29, 1.82) is 0 Å². The van der Waals surface area contributed by atoms with E-state index < -0.39 is 0 Å². The molecule has 0 radical (unpaired) electrons. The Morgan fingerprint density at radius 3 is 2.68 bits per heavy atom. The second kappa shape index (κ2) is 4.52. The van der Waals surface area contributed by atoms with Gasteiger partial charge in [0.2, 0.25) is 0 Å². The van der Waals surface area contributed by atoms with Crippen LogP contribution < -0.4 is 0 Å². The molecule has 2 unspecified atom stereocenters. The van der Waals surface area contributed by atoms with Crippen LogP contribution in [-0.2, 0) is 4.74 Å². The molecular weight excluding hydrogens is 236 g/mol. The van der Waals surface area contributed by atoms with Crippen LogP contribution in [0.15, 0.2) is 42.0 Å². The van der Waals surface area contributed by atoms with E-state index in [-0.39, 0.29) is 5.97 Å². The summed E-state index contributed by atoms with van der Waals surface area (Å²) in [5, 5.41) is 0. The third-order valence-corrected chi connectivity index (χ3v) is 4.96. The lowest BCUT2D eigenvalue weighted by Gasteiger charge is -2.56. The summed E-state index contributed by atoms with van der Waals surface area (Å²) in [6.07, 6.45) is 4.69. The van der Waals surface area contributed by atoms with Crippen molar-refractivity contribution in [2.24, 2.45) is 17.3 Å². The zero-order valence-electron chi connectivity index (χ0n) is 11.6. The summed E-state index contributed by atoms with van der Waals surface area (Å²) in [5.41, 5.74) is 2.34. The van der Waals surface area contributed by atoms with Crippen molar-refractivity contribution < 1.29 is 9.53 Å². The number of esters is 1. The van der Waals surface area contributed by atoms with Gasteiger partial charge in [-0.25, -0.2) is 4.79 Å². The van der Waals surface area contributed by atoms with Crippen LogP contribution in [0.2, 0.25) is 0 Å². The Hall–Kier alpha value is -1.57. The zero-order chi connectivity index (χ0) is 13.5. The molecule has 0 spiro atoms. The summed E-state index contributed by atoms with van der Waals surface area (Å²) in [7, 11) is 0. The topological polar surface area (TPSA) is 26.3 Å². The first kappa shape index (κ1) is 12.5. The van der Waals surface area contributed by atoms with Crippen LogP contribution in [0, 0.1) is 17.3 Å². The smallest absolute Gasteiger partial charge is 0.338 e. The number of hydrogen-bond donors (Lipinski definition) is 0. The summed E-state index contributed by atoms with van der Waals surface area (Å²) < 4.78 is 5.45. The Morgan fingerprint density at radius 1 is 1.32 bits per heavy atom. The van der Waals surface area contributed by atoms with E-state index in [4.69, 9.17) is 4.74 Å². The number of carbonyl (C=O) groups excluding carboxylic acids is 1. The van der Waals surface area contributed by atoms with E-state index in [2.05, 4.69) is 19.9 Å². The molecule has 0 amide bonds. The molecule has 2 nitrogen and oxygen atoms in total. The lowest BCUT2D eigenvalue weighted by atomic mass is 9.49. The van der Waals surface area contributed by atoms with Gasteiger partial charge in [-0.15, -0.1) is 0 Å². The number of allylic oxidation sites excluding steroid dienone is 1. The van der Waals surface area contributed by atoms with E-state index in [1.54, 1.807) is 12.1 Å². The van der Waals surface area contributed by atoms with Crippen molar-refractivity contribution in [3.05, 3.63) is 47.5 Å². The maximum atomic E-state index is 11.9. The first-order valence-corrected chi connectivity index (χ1v) is 7.00. The van der Waals surface area contributed by atoms with Gasteiger partial charge in [-0.05, 0) is 47.8 Å². The van der Waals surface area contributed by atoms with E-state index in [1.807, 2.05) is 18.2 Å². The van der Waals surface area contributed by atoms with Gasteiger partial charge in [0.15, 0.2) is 0 Å². The van der Waals surface area contributed by atoms with E-state index in [0.717, 1.165) is 12.3 Å². The highest BCUT2D eigenvalue weighted by atomic mass is 16.5. The number of rotatable bonds is 3. The number of hydrogen-bond acceptors (Lipinski definition) is 2. The molecule has 0 heterocycles. The monoisotopic (exact) mass is 256 g/mol. The van der Waals surface area contributed by atoms with Gasteiger partial charge < -0.3 is 4.74 Å². The molecule has 2 bridgehead atoms. The van der Waals surface area contributed by atoms with Gasteiger partial charge in [0.25, 0.3) is 0 Å². The molecule has 2 heteroatoms. The van der Waals surface area contributed by atoms with Gasteiger partial charge in [0.05, 0.1) is 5.56 Å². The van der Waals surface area contributed by atoms with Gasteiger partial charge in [0.1, 0.15) is 6.61 Å². The summed E-state index contributed by atoms with van der Waals surface area (Å²) in [6.45, 7) is 5.12. The molecule has 1 aromatic carbocycles. The summed E-state index contributed by atoms with van der Waals surface area (Å²) in [4.78, 5) is 11.9. The molecule has 100 valence electrons. The van der Waals surface area contributed by atoms with Gasteiger partial charge in [-0.3, -0.25) is 0 Å². The first-order valence-electron chi connectivity index (χ1n) is 7.00. The number of carbonyl (C=O) groups is 1. The Morgan fingerprint density at radius 2 is 2.05 bits per heavy atom. The molecule has 4 rings (SSSR count). The normalized spacial score (nSPS) is 27.2. The predicted molar refractivity (Wildman–Crippen MR) is 74.8 cm³/mol. The van der Waals surface area contributed by atoms with Gasteiger partial charge in [-0.1, -0.05) is 38.1 Å². The highest BCUT2D eigenvalue weighted by molar-refractivity contribution is 5.89. The van der Waals surface area contributed by atoms with Crippen molar-refractivity contribution in [2.75, 3.05) is 6.61 Å². The van der Waals surface area contributed by atoms with Crippen molar-refractivity contribution in [3.8, 4) is 0 Å². The molecule has 0 aliphatic heterocycles. The fourth-order valence-electron chi connectivity index (χ4n) is 3.45. The van der Waals surface area contributed by atoms with Crippen LogP contribution in [0.25, 0.3) is 0 Å². The van der Waals surface area contributed by atoms with Crippen LogP contribution in [0.3, 0.4) is 0 Å². The van der Waals surface area contributed by atoms with Crippen LogP contribution in [0.4, 0.5) is 0 Å². The fourth-order valence-corrected chi connectivity index (χ4v) is 3.45. The maximum absolute atomic E-state index is 11.9. The molecule has 19 heavy (non-hydrogen) atoms. The predicted octanol–water partition coefficient (Wildman–Crippen LogP) is 3.84. The van der Waals surface area contributed by atoms with Crippen molar-refractivity contribution in [2.45, 2.75) is 26.7 Å². The minimum Gasteiger partial charge on any atom is -0.458 e. The first-order chi connectivity index (χ1) is 9.09. The highest BCUT2D eigenvalue weighted by Gasteiger charge is 2.51. The summed E-state index contributed by atoms with van der Waals surface area (Å²) >= 11 is 0. The van der Waals surface area contributed by atoms with Crippen molar-refractivity contribution in [1.82, 2.24) is 0 Å². The lowest BCUT2D eigenvalue weighted by molar-refractivity contribution is -0.0155. The molecule has 1 aromatic rings. The molecule has 3 aliphatic rings. The highest BCUT2D eigenvalue weighted by Crippen LogP contribution is 2.59. The van der Waals surface area contributed by atoms with E-state index >= 15 is 0 Å². The molecule has 2 atom stereocenters. The summed E-state index contributed by atoms with van der Waals surface area (Å²) in [5.74, 6) is 1.21. The van der Waals surface area contributed by atoms with Crippen LogP contribution in [0.5, 0.6) is 0 Å². The molecule has 0 saturated heterocycles. The number of fused-ring (bicyclic) bond motifs is 1. The molecule has 1 saturated carbocycles. The second-order valence-electron chi connectivity index (χ2n) is 6.26. The quantitative estimate of drug-likeness (QED) is 0.606. The third kappa shape index (κ3) is 2.09. The number of ether oxygens (including phenoxy) is 1. The van der Waals surface area contributed by atoms with Gasteiger partial charge in [0, 0.05) is 0 Å². The van der Waals surface area contributed by atoms with Crippen LogP contribution in [0.1, 0.15) is 37.0 Å². The molecule has 1 fully saturated rings. The second-order valence-corrected chi connectivity index (χ2v) is 6.26. The summed E-state index contributed by atoms with van der Waals surface area (Å²) in [6, 6.07) is 9.20. The van der Waals surface area contributed by atoms with Gasteiger partial charge >= 0.3 is 5.97 Å². The fraction of sp³-hybridized carbons (Fsp3) is 0.471. The Balaban J connectivity index is 1.62. The lowest BCUT2D eigenvalue weighted by Crippen LogP contribution is -2.48. The Kier molecular flexibility index (Phi) is 2.96. The van der Waals surface area contributed by atoms with Crippen LogP contribution in [-0.4, -0.2) is 12.6 Å². The Bertz CT molecular complexity index is 513. The largest absolute Gasteiger partial charge is 0.458 e. The molecule has 0 N–H and O–H groups in total. The molecule has 0 aromatic heterocycles. The third-order valence-electron chi connectivity index (χ3n) is 4.96. The van der Waals surface area contributed by atoms with Crippen LogP contribution >= 0.6 is 0 Å². The Labute approximate surface area is 114 Å². The average molecular weight is 256 g/mol. The number of benzene rings is 1. The van der Waals surface area contributed by atoms with E-state index in [9.17, 15) is 4.79 Å². The minimum atomic E-state index is -0.222. The zero-order valence-corrected chi connectivity index (χ0v) is 11.6. The maximum Gasteiger partial charge on any atom is 0.338 e. The molecule has 3 aliphatic carbocycles.